The summed E-state index contributed by atoms with van der Waals surface area (Å²) >= 11 is 0. The Labute approximate surface area is 103 Å². The van der Waals surface area contributed by atoms with Crippen LogP contribution in [0.25, 0.3) is 0 Å². The number of hydrogen-bond donors (Lipinski definition) is 3. The number of nitrogens with two attached hydrogens (primary N) is 1. The summed E-state index contributed by atoms with van der Waals surface area (Å²) in [4.78, 5) is 32.9. The Hall–Kier alpha value is -2.38. The van der Waals surface area contributed by atoms with Crippen molar-refractivity contribution >= 4 is 17.8 Å². The number of hydrogen-bond acceptors (Lipinski definition) is 4. The number of nitrogens with zero attached hydrogens (tertiary/aromatic N) is 2. The molecule has 8 heteroatoms. The molecule has 0 aliphatic heterocycles. The maximum Gasteiger partial charge on any atom is 0.326 e. The highest BCUT2D eigenvalue weighted by Crippen LogP contribution is 1.95. The van der Waals surface area contributed by atoms with Crippen molar-refractivity contribution in [3.05, 3.63) is 18.5 Å². The molecule has 0 aliphatic carbocycles. The van der Waals surface area contributed by atoms with E-state index in [-0.39, 0.29) is 6.42 Å². The van der Waals surface area contributed by atoms with Crippen molar-refractivity contribution < 1.29 is 19.5 Å². The molecule has 0 bridgehead atoms. The average Bonchev–Trinajstić information content (AvgIpc) is 2.77. The van der Waals surface area contributed by atoms with Crippen LogP contribution in [0.15, 0.2) is 18.5 Å². The van der Waals surface area contributed by atoms with Crippen molar-refractivity contribution in [1.29, 1.82) is 0 Å². The van der Waals surface area contributed by atoms with Crippen molar-refractivity contribution in [3.63, 3.8) is 0 Å². The van der Waals surface area contributed by atoms with E-state index in [9.17, 15) is 14.4 Å². The number of carboxylic acid groups (broad SMARTS) is 1. The molecule has 0 unspecified atom stereocenters. The van der Waals surface area contributed by atoms with Crippen molar-refractivity contribution in [2.24, 2.45) is 5.73 Å². The summed E-state index contributed by atoms with van der Waals surface area (Å²) in [5.74, 6) is -2.55. The van der Waals surface area contributed by atoms with Gasteiger partial charge in [-0.15, -0.1) is 0 Å². The standard InChI is InChI=1S/C10H14N4O4/c11-8(15)6-7(10(17)18)13-9(16)2-5-14-4-1-3-12-14/h1,3-4,7H,2,5-6H2,(H2,11,15)(H,13,16)(H,17,18)/t7-/m1/s1. The Morgan fingerprint density at radius 2 is 2.17 bits per heavy atom. The third kappa shape index (κ3) is 4.64. The number of aliphatic carboxylic acids is 1. The lowest BCUT2D eigenvalue weighted by Gasteiger charge is -2.12. The first-order chi connectivity index (χ1) is 8.49. The van der Waals surface area contributed by atoms with Gasteiger partial charge in [-0.1, -0.05) is 0 Å². The van der Waals surface area contributed by atoms with Gasteiger partial charge in [0.15, 0.2) is 0 Å². The molecule has 0 radical (unpaired) electrons. The number of amides is 2. The van der Waals surface area contributed by atoms with Gasteiger partial charge in [0.1, 0.15) is 6.04 Å². The highest BCUT2D eigenvalue weighted by atomic mass is 16.4. The molecule has 0 aromatic carbocycles. The van der Waals surface area contributed by atoms with Gasteiger partial charge < -0.3 is 16.2 Å². The summed E-state index contributed by atoms with van der Waals surface area (Å²) in [5, 5.41) is 14.9. The maximum absolute atomic E-state index is 11.5. The Bertz CT molecular complexity index is 429. The molecule has 0 aliphatic rings. The Kier molecular flexibility index (Phi) is 4.85. The first-order valence-electron chi connectivity index (χ1n) is 5.27. The molecule has 0 fully saturated rings. The van der Waals surface area contributed by atoms with Crippen LogP contribution >= 0.6 is 0 Å². The van der Waals surface area contributed by atoms with Gasteiger partial charge in [-0.05, 0) is 6.07 Å². The summed E-state index contributed by atoms with van der Waals surface area (Å²) < 4.78 is 1.55. The second-order valence-electron chi connectivity index (χ2n) is 3.65. The molecule has 98 valence electrons. The normalized spacial score (nSPS) is 11.8. The lowest BCUT2D eigenvalue weighted by molar-refractivity contribution is -0.143. The average molecular weight is 254 g/mol. The van der Waals surface area contributed by atoms with Gasteiger partial charge in [-0.25, -0.2) is 4.79 Å². The van der Waals surface area contributed by atoms with E-state index in [1.54, 1.807) is 23.1 Å². The largest absolute Gasteiger partial charge is 0.480 e. The van der Waals surface area contributed by atoms with Crippen molar-refractivity contribution in [2.75, 3.05) is 0 Å². The molecule has 4 N–H and O–H groups in total. The van der Waals surface area contributed by atoms with Crippen LogP contribution in [0, 0.1) is 0 Å². The van der Waals surface area contributed by atoms with Gasteiger partial charge >= 0.3 is 5.97 Å². The topological polar surface area (TPSA) is 127 Å². The number of carboxylic acids is 1. The first kappa shape index (κ1) is 13.7. The number of rotatable bonds is 7. The smallest absolute Gasteiger partial charge is 0.326 e. The summed E-state index contributed by atoms with van der Waals surface area (Å²) in [5.41, 5.74) is 4.89. The van der Waals surface area contributed by atoms with Gasteiger partial charge in [-0.3, -0.25) is 14.3 Å². The first-order valence-corrected chi connectivity index (χ1v) is 5.27. The molecule has 1 heterocycles. The zero-order valence-electron chi connectivity index (χ0n) is 9.57. The second kappa shape index (κ2) is 6.38. The number of carbonyl (C=O) groups excluding carboxylic acids is 2. The fourth-order valence-electron chi connectivity index (χ4n) is 1.32. The fourth-order valence-corrected chi connectivity index (χ4v) is 1.32. The molecule has 0 spiro atoms. The van der Waals surface area contributed by atoms with Gasteiger partial charge in [0.2, 0.25) is 11.8 Å². The molecule has 1 aromatic heterocycles. The Balaban J connectivity index is 2.41. The lowest BCUT2D eigenvalue weighted by Crippen LogP contribution is -2.43. The molecule has 18 heavy (non-hydrogen) atoms. The highest BCUT2D eigenvalue weighted by Gasteiger charge is 2.21. The lowest BCUT2D eigenvalue weighted by atomic mass is 10.2. The summed E-state index contributed by atoms with van der Waals surface area (Å²) in [6, 6.07) is 0.429. The van der Waals surface area contributed by atoms with E-state index in [2.05, 4.69) is 10.4 Å². The second-order valence-corrected chi connectivity index (χ2v) is 3.65. The van der Waals surface area contributed by atoms with Crippen LogP contribution in [-0.2, 0) is 20.9 Å². The predicted octanol–water partition coefficient (Wildman–Crippen LogP) is -1.28. The molecule has 2 amide bonds. The summed E-state index contributed by atoms with van der Waals surface area (Å²) in [6.07, 6.45) is 2.91. The van der Waals surface area contributed by atoms with Gasteiger partial charge in [-0.2, -0.15) is 5.10 Å². The quantitative estimate of drug-likeness (QED) is 0.558. The van der Waals surface area contributed by atoms with Crippen LogP contribution in [0.5, 0.6) is 0 Å². The minimum Gasteiger partial charge on any atom is -0.480 e. The molecule has 0 saturated carbocycles. The van der Waals surface area contributed by atoms with Crippen molar-refractivity contribution in [3.8, 4) is 0 Å². The maximum atomic E-state index is 11.5. The molecular weight excluding hydrogens is 240 g/mol. The number of primary amides is 1. The van der Waals surface area contributed by atoms with E-state index in [0.717, 1.165) is 0 Å². The summed E-state index contributed by atoms with van der Waals surface area (Å²) in [7, 11) is 0. The Morgan fingerprint density at radius 3 is 2.67 bits per heavy atom. The Morgan fingerprint density at radius 1 is 1.44 bits per heavy atom. The van der Waals surface area contributed by atoms with E-state index in [1.807, 2.05) is 0 Å². The number of carbonyl (C=O) groups is 3. The van der Waals surface area contributed by atoms with Gasteiger partial charge in [0, 0.05) is 25.4 Å². The van der Waals surface area contributed by atoms with E-state index < -0.39 is 30.2 Å². The van der Waals surface area contributed by atoms with Crippen LogP contribution in [0.4, 0.5) is 0 Å². The zero-order chi connectivity index (χ0) is 13.5. The third-order valence-electron chi connectivity index (χ3n) is 2.17. The fraction of sp³-hybridized carbons (Fsp3) is 0.400. The van der Waals surface area contributed by atoms with Crippen LogP contribution in [-0.4, -0.2) is 38.7 Å². The van der Waals surface area contributed by atoms with E-state index in [4.69, 9.17) is 10.8 Å². The minimum absolute atomic E-state index is 0.0736. The molecule has 0 saturated heterocycles. The third-order valence-corrected chi connectivity index (χ3v) is 2.17. The zero-order valence-corrected chi connectivity index (χ0v) is 9.57. The van der Waals surface area contributed by atoms with Gasteiger partial charge in [0.05, 0.1) is 6.42 Å². The monoisotopic (exact) mass is 254 g/mol. The van der Waals surface area contributed by atoms with Crippen LogP contribution in [0.1, 0.15) is 12.8 Å². The van der Waals surface area contributed by atoms with E-state index in [0.29, 0.717) is 6.54 Å². The SMILES string of the molecule is NC(=O)C[C@@H](NC(=O)CCn1cccn1)C(=O)O. The van der Waals surface area contributed by atoms with Crippen molar-refractivity contribution in [2.45, 2.75) is 25.4 Å². The van der Waals surface area contributed by atoms with Crippen LogP contribution in [0.2, 0.25) is 0 Å². The minimum atomic E-state index is -1.29. The highest BCUT2D eigenvalue weighted by molar-refractivity contribution is 5.88. The van der Waals surface area contributed by atoms with E-state index >= 15 is 0 Å². The number of aryl methyl sites for hydroxylation is 1. The number of nitrogens with one attached hydrogen (secondary N) is 1. The molecular formula is C10H14N4O4. The molecule has 8 nitrogen and oxygen atoms in total. The van der Waals surface area contributed by atoms with Gasteiger partial charge in [0.25, 0.3) is 0 Å². The molecule has 1 atom stereocenters. The summed E-state index contributed by atoms with van der Waals surface area (Å²) in [6.45, 7) is 0.335. The number of aromatic nitrogens is 2. The van der Waals surface area contributed by atoms with Crippen LogP contribution < -0.4 is 11.1 Å². The molecule has 1 aromatic rings. The van der Waals surface area contributed by atoms with Crippen molar-refractivity contribution in [1.82, 2.24) is 15.1 Å². The predicted molar refractivity (Wildman–Crippen MR) is 60.2 cm³/mol. The van der Waals surface area contributed by atoms with E-state index in [1.165, 1.54) is 0 Å². The molecule has 1 rings (SSSR count). The van der Waals surface area contributed by atoms with Crippen LogP contribution in [0.3, 0.4) is 0 Å².